The Labute approximate surface area is 168 Å². The lowest BCUT2D eigenvalue weighted by Gasteiger charge is -2.26. The fraction of sp³-hybridized carbons (Fsp3) is 0.333. The summed E-state index contributed by atoms with van der Waals surface area (Å²) in [6, 6.07) is 7.83. The predicted molar refractivity (Wildman–Crippen MR) is 110 cm³/mol. The van der Waals surface area contributed by atoms with Crippen LogP contribution in [0, 0.1) is 0 Å². The van der Waals surface area contributed by atoms with Crippen LogP contribution < -0.4 is 9.64 Å². The molecule has 1 aliphatic rings. The van der Waals surface area contributed by atoms with Crippen molar-refractivity contribution in [2.45, 2.75) is 25.8 Å². The summed E-state index contributed by atoms with van der Waals surface area (Å²) in [4.78, 5) is 29.9. The number of fused-ring (bicyclic) bond motifs is 1. The first kappa shape index (κ1) is 18.9. The molecule has 1 aliphatic heterocycles. The van der Waals surface area contributed by atoms with Gasteiger partial charge in [0.05, 0.1) is 19.0 Å². The molecular weight excluding hydrogens is 370 g/mol. The van der Waals surface area contributed by atoms with E-state index in [9.17, 15) is 4.79 Å². The lowest BCUT2D eigenvalue weighted by atomic mass is 10.2. The summed E-state index contributed by atoms with van der Waals surface area (Å²) >= 11 is 0. The van der Waals surface area contributed by atoms with Crippen molar-refractivity contribution in [2.75, 3.05) is 24.7 Å². The number of imidazole rings is 1. The van der Waals surface area contributed by atoms with E-state index < -0.39 is 0 Å². The van der Waals surface area contributed by atoms with Crippen LogP contribution in [-0.2, 0) is 9.53 Å². The van der Waals surface area contributed by atoms with Gasteiger partial charge in [0.25, 0.3) is 0 Å². The summed E-state index contributed by atoms with van der Waals surface area (Å²) in [7, 11) is 0. The molecule has 0 unspecified atom stereocenters. The van der Waals surface area contributed by atoms with Gasteiger partial charge in [-0.3, -0.25) is 0 Å². The number of carbonyl (C=O) groups is 1. The monoisotopic (exact) mass is 393 g/mol. The second kappa shape index (κ2) is 8.72. The van der Waals surface area contributed by atoms with Gasteiger partial charge in [-0.25, -0.2) is 19.7 Å². The number of rotatable bonds is 7. The maximum atomic E-state index is 11.6. The highest BCUT2D eigenvalue weighted by molar-refractivity contribution is 5.87. The van der Waals surface area contributed by atoms with Crippen molar-refractivity contribution < 1.29 is 14.3 Å². The summed E-state index contributed by atoms with van der Waals surface area (Å²) in [5.41, 5.74) is 2.34. The predicted octanol–water partition coefficient (Wildman–Crippen LogP) is 2.98. The van der Waals surface area contributed by atoms with Crippen molar-refractivity contribution in [1.82, 2.24) is 19.9 Å². The van der Waals surface area contributed by atoms with Crippen LogP contribution in [0.1, 0.15) is 25.3 Å². The van der Waals surface area contributed by atoms with Crippen LogP contribution in [0.25, 0.3) is 17.2 Å². The number of aromatic amines is 1. The van der Waals surface area contributed by atoms with Gasteiger partial charge >= 0.3 is 5.97 Å². The van der Waals surface area contributed by atoms with Gasteiger partial charge in [-0.05, 0) is 31.9 Å². The topological polar surface area (TPSA) is 93.2 Å². The van der Waals surface area contributed by atoms with E-state index in [4.69, 9.17) is 9.47 Å². The summed E-state index contributed by atoms with van der Waals surface area (Å²) in [5, 5.41) is 0. The quantitative estimate of drug-likeness (QED) is 0.487. The van der Waals surface area contributed by atoms with Crippen molar-refractivity contribution in [3.63, 3.8) is 0 Å². The molecule has 0 bridgehead atoms. The van der Waals surface area contributed by atoms with Crippen molar-refractivity contribution in [1.29, 1.82) is 0 Å². The Hall–Kier alpha value is -3.42. The van der Waals surface area contributed by atoms with E-state index >= 15 is 0 Å². The summed E-state index contributed by atoms with van der Waals surface area (Å²) in [6.07, 6.45) is 8.41. The Morgan fingerprint density at radius 3 is 3.10 bits per heavy atom. The molecule has 8 nitrogen and oxygen atoms in total. The van der Waals surface area contributed by atoms with Crippen LogP contribution in [-0.4, -0.2) is 51.7 Å². The number of hydrogen-bond acceptors (Lipinski definition) is 7. The number of benzene rings is 1. The van der Waals surface area contributed by atoms with Crippen LogP contribution in [0.4, 0.5) is 5.82 Å². The molecule has 3 aromatic rings. The zero-order valence-electron chi connectivity index (χ0n) is 16.2. The van der Waals surface area contributed by atoms with Crippen molar-refractivity contribution in [3.05, 3.63) is 48.6 Å². The number of esters is 1. The molecule has 150 valence electrons. The van der Waals surface area contributed by atoms with Gasteiger partial charge in [0.1, 0.15) is 24.2 Å². The largest absolute Gasteiger partial charge is 0.491 e. The van der Waals surface area contributed by atoms with Gasteiger partial charge in [-0.2, -0.15) is 0 Å². The molecule has 0 amide bonds. The van der Waals surface area contributed by atoms with Gasteiger partial charge < -0.3 is 19.4 Å². The third-order valence-corrected chi connectivity index (χ3v) is 4.88. The Balaban J connectivity index is 1.48. The SMILES string of the molecule is CCOC(=O)/C=C/c1ccccc1OC[C@H]1CCCN1c1ncnc2[nH]cnc12. The van der Waals surface area contributed by atoms with E-state index in [0.29, 0.717) is 13.2 Å². The number of para-hydroxylation sites is 1. The van der Waals surface area contributed by atoms with Crippen LogP contribution in [0.2, 0.25) is 0 Å². The molecule has 8 heteroatoms. The molecule has 2 aromatic heterocycles. The molecule has 3 heterocycles. The van der Waals surface area contributed by atoms with Crippen LogP contribution in [0.5, 0.6) is 5.75 Å². The second-order valence-corrected chi connectivity index (χ2v) is 6.72. The minimum absolute atomic E-state index is 0.187. The zero-order chi connectivity index (χ0) is 20.1. The van der Waals surface area contributed by atoms with Gasteiger partial charge in [0, 0.05) is 18.2 Å². The zero-order valence-corrected chi connectivity index (χ0v) is 16.2. The number of aromatic nitrogens is 4. The smallest absolute Gasteiger partial charge is 0.330 e. The lowest BCUT2D eigenvalue weighted by Crippen LogP contribution is -2.35. The highest BCUT2D eigenvalue weighted by atomic mass is 16.5. The molecule has 0 radical (unpaired) electrons. The van der Waals surface area contributed by atoms with E-state index in [1.165, 1.54) is 6.08 Å². The lowest BCUT2D eigenvalue weighted by molar-refractivity contribution is -0.137. The molecule has 29 heavy (non-hydrogen) atoms. The number of nitrogens with one attached hydrogen (secondary N) is 1. The van der Waals surface area contributed by atoms with Gasteiger partial charge in [0.15, 0.2) is 11.5 Å². The third-order valence-electron chi connectivity index (χ3n) is 4.88. The van der Waals surface area contributed by atoms with E-state index in [1.54, 1.807) is 25.7 Å². The van der Waals surface area contributed by atoms with Gasteiger partial charge in [0.2, 0.25) is 0 Å². The van der Waals surface area contributed by atoms with Crippen molar-refractivity contribution in [3.8, 4) is 5.75 Å². The number of ether oxygens (including phenoxy) is 2. The Morgan fingerprint density at radius 2 is 2.21 bits per heavy atom. The fourth-order valence-corrected chi connectivity index (χ4v) is 3.53. The standard InChI is InChI=1S/C21H23N5O3/c1-2-28-18(27)10-9-15-6-3-4-8-17(15)29-12-16-7-5-11-26(16)21-19-20(23-13-22-19)24-14-25-21/h3-4,6,8-10,13-14,16H,2,5,7,11-12H2,1H3,(H,22,23,24,25)/b10-9+/t16-/m1/s1. The second-order valence-electron chi connectivity index (χ2n) is 6.72. The maximum Gasteiger partial charge on any atom is 0.330 e. The van der Waals surface area contributed by atoms with E-state index in [-0.39, 0.29) is 12.0 Å². The molecule has 1 N–H and O–H groups in total. The summed E-state index contributed by atoms with van der Waals surface area (Å²) in [5.74, 6) is 1.20. The Bertz CT molecular complexity index is 1020. The molecule has 1 saturated heterocycles. The molecule has 4 rings (SSSR count). The molecule has 0 aliphatic carbocycles. The fourth-order valence-electron chi connectivity index (χ4n) is 3.53. The first-order valence-electron chi connectivity index (χ1n) is 9.73. The van der Waals surface area contributed by atoms with Gasteiger partial charge in [-0.15, -0.1) is 0 Å². The average molecular weight is 393 g/mol. The number of H-pyrrole nitrogens is 1. The van der Waals surface area contributed by atoms with Crippen molar-refractivity contribution in [2.24, 2.45) is 0 Å². The van der Waals surface area contributed by atoms with E-state index in [0.717, 1.165) is 47.7 Å². The number of carbonyl (C=O) groups excluding carboxylic acids is 1. The maximum absolute atomic E-state index is 11.6. The molecule has 1 aromatic carbocycles. The van der Waals surface area contributed by atoms with Crippen LogP contribution in [0.3, 0.4) is 0 Å². The summed E-state index contributed by atoms with van der Waals surface area (Å²) in [6.45, 7) is 3.55. The minimum atomic E-state index is -0.365. The van der Waals surface area contributed by atoms with Crippen LogP contribution >= 0.6 is 0 Å². The van der Waals surface area contributed by atoms with Gasteiger partial charge in [-0.1, -0.05) is 18.2 Å². The molecule has 1 fully saturated rings. The van der Waals surface area contributed by atoms with Crippen molar-refractivity contribution >= 4 is 29.0 Å². The normalized spacial score (nSPS) is 16.6. The highest BCUT2D eigenvalue weighted by Crippen LogP contribution is 2.29. The number of anilines is 1. The van der Waals surface area contributed by atoms with E-state index in [2.05, 4.69) is 24.8 Å². The molecule has 0 spiro atoms. The molecular formula is C21H23N5O3. The molecule has 1 atom stereocenters. The Morgan fingerprint density at radius 1 is 1.31 bits per heavy atom. The first-order valence-corrected chi connectivity index (χ1v) is 9.73. The first-order chi connectivity index (χ1) is 14.3. The minimum Gasteiger partial charge on any atom is -0.491 e. The summed E-state index contributed by atoms with van der Waals surface area (Å²) < 4.78 is 11.1. The third kappa shape index (κ3) is 4.21. The van der Waals surface area contributed by atoms with E-state index in [1.807, 2.05) is 24.3 Å². The molecule has 0 saturated carbocycles. The Kier molecular flexibility index (Phi) is 5.69. The average Bonchev–Trinajstić information content (AvgIpc) is 3.40. The highest BCUT2D eigenvalue weighted by Gasteiger charge is 2.28. The van der Waals surface area contributed by atoms with Crippen LogP contribution in [0.15, 0.2) is 43.0 Å². The number of nitrogens with zero attached hydrogens (tertiary/aromatic N) is 4. The number of hydrogen-bond donors (Lipinski definition) is 1.